The monoisotopic (exact) mass is 453 g/mol. The van der Waals surface area contributed by atoms with E-state index in [-0.39, 0.29) is 29.4 Å². The molecule has 1 aromatic carbocycles. The van der Waals surface area contributed by atoms with E-state index in [1.807, 2.05) is 6.07 Å². The smallest absolute Gasteiger partial charge is 0.407 e. The summed E-state index contributed by atoms with van der Waals surface area (Å²) < 4.78 is 11.8. The molecule has 1 aliphatic carbocycles. The van der Waals surface area contributed by atoms with Crippen LogP contribution in [-0.4, -0.2) is 64.6 Å². The number of rotatable bonds is 3. The van der Waals surface area contributed by atoms with Crippen LogP contribution in [-0.2, 0) is 11.2 Å². The van der Waals surface area contributed by atoms with Crippen LogP contribution in [0.4, 0.5) is 4.79 Å². The number of nitrogens with zero attached hydrogens (tertiary/aromatic N) is 3. The van der Waals surface area contributed by atoms with E-state index in [4.69, 9.17) is 14.6 Å². The van der Waals surface area contributed by atoms with Gasteiger partial charge < -0.3 is 19.5 Å². The second-order valence-electron chi connectivity index (χ2n) is 9.99. The summed E-state index contributed by atoms with van der Waals surface area (Å²) >= 11 is 0. The van der Waals surface area contributed by atoms with Crippen molar-refractivity contribution < 1.29 is 24.2 Å². The van der Waals surface area contributed by atoms with E-state index in [0.29, 0.717) is 38.1 Å². The van der Waals surface area contributed by atoms with Gasteiger partial charge in [0.2, 0.25) is 5.91 Å². The fraction of sp³-hybridized carbons (Fsp3) is 0.560. The van der Waals surface area contributed by atoms with Crippen LogP contribution in [0.2, 0.25) is 0 Å². The van der Waals surface area contributed by atoms with Crippen molar-refractivity contribution in [3.05, 3.63) is 35.4 Å². The molecule has 1 N–H and O–H groups in total. The molecule has 2 amide bonds. The Morgan fingerprint density at radius 2 is 1.88 bits per heavy atom. The van der Waals surface area contributed by atoms with E-state index in [1.165, 1.54) is 4.90 Å². The number of amides is 2. The first kappa shape index (κ1) is 21.8. The van der Waals surface area contributed by atoms with Crippen LogP contribution in [0.15, 0.2) is 29.4 Å². The van der Waals surface area contributed by atoms with Crippen molar-refractivity contribution in [3.8, 4) is 11.5 Å². The number of ether oxygens (including phenoxy) is 2. The Morgan fingerprint density at radius 3 is 2.55 bits per heavy atom. The Bertz CT molecular complexity index is 1040. The molecule has 5 rings (SSSR count). The number of hydrogen-bond acceptors (Lipinski definition) is 5. The van der Waals surface area contributed by atoms with Crippen molar-refractivity contribution in [2.75, 3.05) is 20.2 Å². The molecule has 33 heavy (non-hydrogen) atoms. The van der Waals surface area contributed by atoms with Crippen molar-refractivity contribution in [2.24, 2.45) is 16.9 Å². The van der Waals surface area contributed by atoms with E-state index in [2.05, 4.69) is 32.1 Å². The van der Waals surface area contributed by atoms with Crippen LogP contribution >= 0.6 is 0 Å². The Hall–Kier alpha value is -3.03. The molecule has 3 aliphatic heterocycles. The predicted molar refractivity (Wildman–Crippen MR) is 123 cm³/mol. The minimum absolute atomic E-state index is 0.0269. The second-order valence-corrected chi connectivity index (χ2v) is 9.99. The fourth-order valence-electron chi connectivity index (χ4n) is 5.65. The summed E-state index contributed by atoms with van der Waals surface area (Å²) in [4.78, 5) is 26.2. The van der Waals surface area contributed by atoms with Gasteiger partial charge in [-0.2, -0.15) is 5.10 Å². The molecular weight excluding hydrogens is 422 g/mol. The van der Waals surface area contributed by atoms with Gasteiger partial charge in [-0.25, -0.2) is 9.80 Å². The van der Waals surface area contributed by atoms with E-state index in [0.717, 1.165) is 35.4 Å². The maximum atomic E-state index is 13.5. The zero-order valence-electron chi connectivity index (χ0n) is 19.4. The number of likely N-dealkylation sites (tertiary alicyclic amines) is 1. The summed E-state index contributed by atoms with van der Waals surface area (Å²) in [6.45, 7) is 4.97. The molecule has 0 bridgehead atoms. The summed E-state index contributed by atoms with van der Waals surface area (Å²) in [7, 11) is 1.65. The van der Waals surface area contributed by atoms with E-state index in [1.54, 1.807) is 12.1 Å². The second kappa shape index (κ2) is 8.08. The molecule has 1 saturated heterocycles. The zero-order chi connectivity index (χ0) is 23.3. The van der Waals surface area contributed by atoms with E-state index in [9.17, 15) is 14.7 Å². The molecule has 3 heterocycles. The highest BCUT2D eigenvalue weighted by atomic mass is 16.5. The molecule has 1 aromatic rings. The lowest BCUT2D eigenvalue weighted by molar-refractivity contribution is -0.141. The average Bonchev–Trinajstić information content (AvgIpc) is 3.14. The molecule has 176 valence electrons. The summed E-state index contributed by atoms with van der Waals surface area (Å²) in [5.41, 5.74) is 2.71. The maximum Gasteiger partial charge on any atom is 0.407 e. The van der Waals surface area contributed by atoms with Gasteiger partial charge in [0.25, 0.3) is 0 Å². The largest absolute Gasteiger partial charge is 0.493 e. The molecule has 0 radical (unpaired) electrons. The topological polar surface area (TPSA) is 91.7 Å². The number of carboxylic acid groups (broad SMARTS) is 1. The maximum absolute atomic E-state index is 13.5. The third-order valence-electron chi connectivity index (χ3n) is 7.32. The number of hydrazone groups is 1. The number of fused-ring (bicyclic) bond motifs is 2. The van der Waals surface area contributed by atoms with Crippen molar-refractivity contribution in [1.29, 1.82) is 0 Å². The number of carbonyl (C=O) groups is 2. The van der Waals surface area contributed by atoms with Gasteiger partial charge in [0.05, 0.1) is 24.8 Å². The van der Waals surface area contributed by atoms with E-state index >= 15 is 0 Å². The summed E-state index contributed by atoms with van der Waals surface area (Å²) in [5.74, 6) is 1.42. The first-order chi connectivity index (χ1) is 15.8. The van der Waals surface area contributed by atoms with Crippen molar-refractivity contribution in [3.63, 3.8) is 0 Å². The molecule has 0 saturated carbocycles. The van der Waals surface area contributed by atoms with Gasteiger partial charge in [-0.1, -0.05) is 12.2 Å². The van der Waals surface area contributed by atoms with Gasteiger partial charge in [-0.05, 0) is 51.7 Å². The number of hydrogen-bond donors (Lipinski definition) is 1. The summed E-state index contributed by atoms with van der Waals surface area (Å²) in [6, 6.07) is 3.89. The van der Waals surface area contributed by atoms with Crippen LogP contribution in [0.5, 0.6) is 11.5 Å². The van der Waals surface area contributed by atoms with Crippen molar-refractivity contribution >= 4 is 17.7 Å². The van der Waals surface area contributed by atoms with Gasteiger partial charge in [-0.3, -0.25) is 4.79 Å². The molecular formula is C25H31N3O5. The fourth-order valence-corrected chi connectivity index (χ4v) is 5.65. The van der Waals surface area contributed by atoms with Crippen molar-refractivity contribution in [1.82, 2.24) is 9.91 Å². The molecule has 8 nitrogen and oxygen atoms in total. The Balaban J connectivity index is 1.55. The lowest BCUT2D eigenvalue weighted by Crippen LogP contribution is -2.52. The van der Waals surface area contributed by atoms with Gasteiger partial charge >= 0.3 is 6.09 Å². The number of methoxy groups -OCH3 is 1. The number of piperidine rings is 1. The lowest BCUT2D eigenvalue weighted by atomic mass is 9.75. The third-order valence-corrected chi connectivity index (χ3v) is 7.32. The molecule has 1 fully saturated rings. The lowest BCUT2D eigenvalue weighted by Gasteiger charge is -2.42. The van der Waals surface area contributed by atoms with Crippen molar-refractivity contribution in [2.45, 2.75) is 57.6 Å². The number of carbonyl (C=O) groups excluding carboxylic acids is 1. The normalized spacial score (nSPS) is 26.4. The molecule has 4 aliphatic rings. The van der Waals surface area contributed by atoms with Gasteiger partial charge in [-0.15, -0.1) is 0 Å². The average molecular weight is 454 g/mol. The molecule has 0 aromatic heterocycles. The van der Waals surface area contributed by atoms with Gasteiger partial charge in [0, 0.05) is 36.6 Å². The van der Waals surface area contributed by atoms with Crippen LogP contribution in [0.3, 0.4) is 0 Å². The molecule has 0 spiro atoms. The van der Waals surface area contributed by atoms with Crippen LogP contribution in [0.1, 0.15) is 50.7 Å². The van der Waals surface area contributed by atoms with Gasteiger partial charge in [0.1, 0.15) is 5.60 Å². The van der Waals surface area contributed by atoms with Crippen LogP contribution in [0, 0.1) is 11.8 Å². The minimum atomic E-state index is -0.906. The molecule has 8 heteroatoms. The van der Waals surface area contributed by atoms with Crippen LogP contribution < -0.4 is 9.47 Å². The number of allylic oxidation sites excluding steroid dienone is 2. The van der Waals surface area contributed by atoms with Gasteiger partial charge in [0.15, 0.2) is 11.5 Å². The van der Waals surface area contributed by atoms with Crippen LogP contribution in [0.25, 0.3) is 0 Å². The first-order valence-electron chi connectivity index (χ1n) is 11.7. The highest BCUT2D eigenvalue weighted by Gasteiger charge is 2.45. The summed E-state index contributed by atoms with van der Waals surface area (Å²) in [6.07, 6.45) is 6.76. The highest BCUT2D eigenvalue weighted by Crippen LogP contribution is 2.46. The highest BCUT2D eigenvalue weighted by molar-refractivity contribution is 6.08. The third kappa shape index (κ3) is 3.75. The Labute approximate surface area is 193 Å². The predicted octanol–water partition coefficient (Wildman–Crippen LogP) is 3.68. The standard InChI is InChI=1S/C25H31N3O5/c1-25(2)14-19-17(8-9-20(32-3)22(19)33-25)21-16-6-4-5-7-18(16)23(29)28(26-21)15-10-12-27(13-11-15)24(30)31/h4-5,8-9,15-16,18H,6-7,10-14H2,1-3H3,(H,30,31)/t16-,18+/m1/s1. The molecule has 2 atom stereocenters. The van der Waals surface area contributed by atoms with E-state index < -0.39 is 6.09 Å². The Kier molecular flexibility index (Phi) is 5.34. The molecule has 0 unspecified atom stereocenters. The zero-order valence-corrected chi connectivity index (χ0v) is 19.4. The first-order valence-corrected chi connectivity index (χ1v) is 11.7. The quantitative estimate of drug-likeness (QED) is 0.705. The summed E-state index contributed by atoms with van der Waals surface area (Å²) in [5, 5.41) is 16.0. The Morgan fingerprint density at radius 1 is 1.18 bits per heavy atom. The number of benzene rings is 1. The minimum Gasteiger partial charge on any atom is -0.493 e. The SMILES string of the molecule is COc1ccc(C2=NN(C3CCN(C(=O)O)CC3)C(=O)[C@H]3CC=CC[C@@H]23)c2c1OC(C)(C)C2.